The number of likely N-dealkylation sites (tertiary alicyclic amines) is 1. The number of benzene rings is 1. The summed E-state index contributed by atoms with van der Waals surface area (Å²) in [5.41, 5.74) is 0.744. The van der Waals surface area contributed by atoms with E-state index in [0.717, 1.165) is 50.2 Å². The zero-order chi connectivity index (χ0) is 23.9. The van der Waals surface area contributed by atoms with Gasteiger partial charge in [-0.05, 0) is 56.2 Å². The zero-order valence-electron chi connectivity index (χ0n) is 19.3. The van der Waals surface area contributed by atoms with Crippen LogP contribution < -0.4 is 10.6 Å². The number of amidine groups is 1. The molecule has 2 aromatic rings. The van der Waals surface area contributed by atoms with Crippen molar-refractivity contribution in [1.82, 2.24) is 15.5 Å². The van der Waals surface area contributed by atoms with E-state index in [4.69, 9.17) is 16.4 Å². The summed E-state index contributed by atoms with van der Waals surface area (Å²) in [6.07, 6.45) is 6.00. The van der Waals surface area contributed by atoms with Gasteiger partial charge < -0.3 is 20.4 Å². The first kappa shape index (κ1) is 24.5. The minimum Gasteiger partial charge on any atom is -0.398 e. The summed E-state index contributed by atoms with van der Waals surface area (Å²) in [6, 6.07) is 12.0. The number of carbonyl (C=O) groups is 2. The molecule has 2 amide bonds. The highest BCUT2D eigenvalue weighted by molar-refractivity contribution is 7.18. The second-order valence-electron chi connectivity index (χ2n) is 8.80. The van der Waals surface area contributed by atoms with Crippen LogP contribution in [0.1, 0.15) is 59.8 Å². The molecule has 0 bridgehead atoms. The second-order valence-corrected chi connectivity index (χ2v) is 10.5. The van der Waals surface area contributed by atoms with Crippen molar-refractivity contribution in [3.8, 4) is 0 Å². The largest absolute Gasteiger partial charge is 0.398 e. The third-order valence-electron chi connectivity index (χ3n) is 6.52. The van der Waals surface area contributed by atoms with E-state index in [-0.39, 0.29) is 17.9 Å². The fraction of sp³-hybridized carbons (Fsp3) is 0.480. The number of oxime groups is 1. The summed E-state index contributed by atoms with van der Waals surface area (Å²) in [4.78, 5) is 34.0. The quantitative estimate of drug-likeness (QED) is 0.329. The Morgan fingerprint density at radius 2 is 1.79 bits per heavy atom. The minimum atomic E-state index is -0.775. The van der Waals surface area contributed by atoms with Gasteiger partial charge in [-0.25, -0.2) is 0 Å². The molecule has 7 nitrogen and oxygen atoms in total. The predicted molar refractivity (Wildman–Crippen MR) is 135 cm³/mol. The van der Waals surface area contributed by atoms with Crippen molar-refractivity contribution in [2.45, 2.75) is 50.6 Å². The van der Waals surface area contributed by atoms with Gasteiger partial charge in [0.05, 0.1) is 9.21 Å². The first-order valence-corrected chi connectivity index (χ1v) is 13.0. The number of rotatable bonds is 7. The molecular formula is C25H31ClN4O3S. The summed E-state index contributed by atoms with van der Waals surface area (Å²) in [5.74, 6) is 0.889. The summed E-state index contributed by atoms with van der Waals surface area (Å²) in [7, 11) is 1.60. The number of halogens is 1. The molecule has 1 aliphatic carbocycles. The number of thiophene rings is 1. The maximum absolute atomic E-state index is 13.3. The van der Waals surface area contributed by atoms with Gasteiger partial charge in [-0.1, -0.05) is 47.1 Å². The summed E-state index contributed by atoms with van der Waals surface area (Å²) in [5, 5.41) is 10.4. The lowest BCUT2D eigenvalue weighted by atomic mass is 9.84. The zero-order valence-corrected chi connectivity index (χ0v) is 20.9. The van der Waals surface area contributed by atoms with Gasteiger partial charge in [0.25, 0.3) is 5.91 Å². The van der Waals surface area contributed by atoms with Crippen molar-refractivity contribution in [2.75, 3.05) is 20.2 Å². The van der Waals surface area contributed by atoms with E-state index in [1.807, 2.05) is 30.3 Å². The Bertz CT molecular complexity index is 999. The van der Waals surface area contributed by atoms with Gasteiger partial charge in [-0.2, -0.15) is 0 Å². The molecule has 1 atom stereocenters. The Hall–Kier alpha value is -2.58. The van der Waals surface area contributed by atoms with Gasteiger partial charge in [0, 0.05) is 25.0 Å². The van der Waals surface area contributed by atoms with Crippen LogP contribution >= 0.6 is 22.9 Å². The highest BCUT2D eigenvalue weighted by Crippen LogP contribution is 2.29. The van der Waals surface area contributed by atoms with Crippen LogP contribution in [0.3, 0.4) is 0 Å². The molecule has 1 unspecified atom stereocenters. The molecule has 2 heterocycles. The average Bonchev–Trinajstić information content (AvgIpc) is 3.54. The molecule has 2 fully saturated rings. The van der Waals surface area contributed by atoms with Gasteiger partial charge >= 0.3 is 0 Å². The van der Waals surface area contributed by atoms with E-state index in [0.29, 0.717) is 15.1 Å². The summed E-state index contributed by atoms with van der Waals surface area (Å²) in [6.45, 7) is 2.07. The van der Waals surface area contributed by atoms with Crippen LogP contribution in [0.15, 0.2) is 47.6 Å². The predicted octanol–water partition coefficient (Wildman–Crippen LogP) is 4.60. The van der Waals surface area contributed by atoms with Crippen LogP contribution in [0.4, 0.5) is 0 Å². The lowest BCUT2D eigenvalue weighted by Gasteiger charge is -2.33. The Labute approximate surface area is 209 Å². The van der Waals surface area contributed by atoms with E-state index in [1.165, 1.54) is 24.2 Å². The maximum Gasteiger partial charge on any atom is 0.262 e. The molecule has 2 N–H and O–H groups in total. The first-order chi connectivity index (χ1) is 16.5. The molecule has 9 heteroatoms. The maximum atomic E-state index is 13.3. The van der Waals surface area contributed by atoms with Crippen LogP contribution in [0.25, 0.3) is 0 Å². The molecule has 2 aliphatic rings. The van der Waals surface area contributed by atoms with E-state index in [2.05, 4.69) is 20.7 Å². The fourth-order valence-electron chi connectivity index (χ4n) is 4.79. The standard InChI is InChI=1S/C25H31ClN4O3S/c1-33-29-23(30-15-5-6-16-30)18-9-11-19(12-10-18)27-25(32)22(17-7-3-2-4-8-17)28-24(31)20-13-14-21(26)34-20/h2-4,7-8,13-14,18-19,22H,5-6,9-12,15-16H2,1H3,(H,27,32)(H,28,31)/b29-23-. The highest BCUT2D eigenvalue weighted by atomic mass is 35.5. The SMILES string of the molecule is CO/N=C(/C1CCC(NC(=O)C(NC(=O)c2ccc(Cl)s2)c2ccccc2)CC1)N1CCCC1. The lowest BCUT2D eigenvalue weighted by molar-refractivity contribution is -0.124. The Balaban J connectivity index is 1.39. The number of carbonyl (C=O) groups excluding carboxylic acids is 2. The Kier molecular flexibility index (Phi) is 8.45. The van der Waals surface area contributed by atoms with Crippen LogP contribution in [-0.4, -0.2) is 48.8 Å². The number of hydrogen-bond acceptors (Lipinski definition) is 5. The summed E-state index contributed by atoms with van der Waals surface area (Å²) < 4.78 is 0.535. The normalized spacial score (nSPS) is 21.7. The molecule has 182 valence electrons. The van der Waals surface area contributed by atoms with E-state index >= 15 is 0 Å². The molecular weight excluding hydrogens is 472 g/mol. The van der Waals surface area contributed by atoms with E-state index in [9.17, 15) is 9.59 Å². The first-order valence-electron chi connectivity index (χ1n) is 11.8. The number of amides is 2. The molecule has 1 aliphatic heterocycles. The van der Waals surface area contributed by atoms with Gasteiger partial charge in [-0.15, -0.1) is 11.3 Å². The summed E-state index contributed by atoms with van der Waals surface area (Å²) >= 11 is 7.18. The molecule has 0 radical (unpaired) electrons. The molecule has 4 rings (SSSR count). The average molecular weight is 503 g/mol. The molecule has 1 saturated carbocycles. The van der Waals surface area contributed by atoms with Crippen LogP contribution in [-0.2, 0) is 9.63 Å². The smallest absolute Gasteiger partial charge is 0.262 e. The van der Waals surface area contributed by atoms with Crippen molar-refractivity contribution in [3.63, 3.8) is 0 Å². The fourth-order valence-corrected chi connectivity index (χ4v) is 5.74. The van der Waals surface area contributed by atoms with Crippen molar-refractivity contribution in [1.29, 1.82) is 0 Å². The number of nitrogens with zero attached hydrogens (tertiary/aromatic N) is 2. The molecule has 1 saturated heterocycles. The Morgan fingerprint density at radius 3 is 2.41 bits per heavy atom. The monoisotopic (exact) mass is 502 g/mol. The van der Waals surface area contributed by atoms with Crippen molar-refractivity contribution < 1.29 is 14.4 Å². The van der Waals surface area contributed by atoms with E-state index in [1.54, 1.807) is 19.2 Å². The minimum absolute atomic E-state index is 0.0606. The third kappa shape index (κ3) is 6.10. The van der Waals surface area contributed by atoms with Gasteiger partial charge in [-0.3, -0.25) is 9.59 Å². The van der Waals surface area contributed by atoms with Crippen molar-refractivity contribution in [2.24, 2.45) is 11.1 Å². The van der Waals surface area contributed by atoms with Crippen LogP contribution in [0, 0.1) is 5.92 Å². The Morgan fingerprint density at radius 1 is 1.09 bits per heavy atom. The van der Waals surface area contributed by atoms with Gasteiger partial charge in [0.1, 0.15) is 19.0 Å². The molecule has 1 aromatic heterocycles. The topological polar surface area (TPSA) is 83.0 Å². The van der Waals surface area contributed by atoms with Gasteiger partial charge in [0.2, 0.25) is 5.91 Å². The van der Waals surface area contributed by atoms with Gasteiger partial charge in [0.15, 0.2) is 0 Å². The lowest BCUT2D eigenvalue weighted by Crippen LogP contribution is -2.46. The second kappa shape index (κ2) is 11.7. The van der Waals surface area contributed by atoms with E-state index < -0.39 is 6.04 Å². The van der Waals surface area contributed by atoms with Crippen LogP contribution in [0.2, 0.25) is 4.34 Å². The third-order valence-corrected chi connectivity index (χ3v) is 7.75. The van der Waals surface area contributed by atoms with Crippen molar-refractivity contribution >= 4 is 40.6 Å². The number of nitrogens with one attached hydrogen (secondary N) is 2. The molecule has 1 aromatic carbocycles. The van der Waals surface area contributed by atoms with Crippen molar-refractivity contribution in [3.05, 3.63) is 57.2 Å². The number of hydrogen-bond donors (Lipinski definition) is 2. The van der Waals surface area contributed by atoms with Crippen LogP contribution in [0.5, 0.6) is 0 Å². The molecule has 34 heavy (non-hydrogen) atoms. The molecule has 0 spiro atoms. The highest BCUT2D eigenvalue weighted by Gasteiger charge is 2.32.